The third-order valence-corrected chi connectivity index (χ3v) is 4.12. The highest BCUT2D eigenvalue weighted by Gasteiger charge is 2.66. The van der Waals surface area contributed by atoms with Crippen LogP contribution in [0.3, 0.4) is 0 Å². The number of carbonyl (C=O) groups is 2. The zero-order valence-corrected chi connectivity index (χ0v) is 16.5. The van der Waals surface area contributed by atoms with Crippen molar-refractivity contribution in [3.05, 3.63) is 58.9 Å². The molecule has 0 fully saturated rings. The number of rotatable bonds is 5. The van der Waals surface area contributed by atoms with E-state index in [0.29, 0.717) is 19.2 Å². The van der Waals surface area contributed by atoms with Crippen LogP contribution >= 0.6 is 11.6 Å². The summed E-state index contributed by atoms with van der Waals surface area (Å²) in [6.07, 6.45) is -10.5. The van der Waals surface area contributed by atoms with Crippen molar-refractivity contribution in [2.75, 3.05) is 12.4 Å². The van der Waals surface area contributed by atoms with E-state index in [9.17, 15) is 40.3 Å². The lowest BCUT2D eigenvalue weighted by molar-refractivity contribution is -0.258. The SMILES string of the molecule is COC(=O)C(NC(=O)Nc1cc(C(F)(F)F)ccc1Cl)(Oc1ccc(F)cc1)C(F)(F)F. The molecule has 2 aromatic carbocycles. The number of methoxy groups -OCH3 is 1. The van der Waals surface area contributed by atoms with E-state index in [1.807, 2.05) is 0 Å². The van der Waals surface area contributed by atoms with Crippen molar-refractivity contribution in [3.63, 3.8) is 0 Å². The molecule has 2 rings (SSSR count). The van der Waals surface area contributed by atoms with Gasteiger partial charge in [0.15, 0.2) is 0 Å². The summed E-state index contributed by atoms with van der Waals surface area (Å²) in [5.41, 5.74) is -6.10. The van der Waals surface area contributed by atoms with Gasteiger partial charge in [0, 0.05) is 0 Å². The van der Waals surface area contributed by atoms with E-state index in [-0.39, 0.29) is 0 Å². The Balaban J connectivity index is 2.42. The third-order valence-electron chi connectivity index (χ3n) is 3.79. The van der Waals surface area contributed by atoms with Crippen LogP contribution in [-0.4, -0.2) is 31.0 Å². The zero-order valence-electron chi connectivity index (χ0n) is 15.7. The maximum Gasteiger partial charge on any atom is 0.460 e. The van der Waals surface area contributed by atoms with Crippen LogP contribution in [0, 0.1) is 5.82 Å². The van der Waals surface area contributed by atoms with E-state index in [2.05, 4.69) is 9.47 Å². The number of ether oxygens (including phenoxy) is 2. The van der Waals surface area contributed by atoms with Gasteiger partial charge < -0.3 is 14.8 Å². The topological polar surface area (TPSA) is 76.7 Å². The molecule has 0 saturated carbocycles. The zero-order chi connectivity index (χ0) is 24.3. The number of anilines is 1. The molecule has 6 nitrogen and oxygen atoms in total. The fraction of sp³-hybridized carbons (Fsp3) is 0.222. The molecule has 0 aliphatic rings. The van der Waals surface area contributed by atoms with Crippen LogP contribution in [0.1, 0.15) is 5.56 Å². The van der Waals surface area contributed by atoms with Gasteiger partial charge >= 0.3 is 30.1 Å². The van der Waals surface area contributed by atoms with Gasteiger partial charge in [-0.15, -0.1) is 0 Å². The largest absolute Gasteiger partial charge is 0.464 e. The summed E-state index contributed by atoms with van der Waals surface area (Å²) in [6.45, 7) is 0. The Kier molecular flexibility index (Phi) is 7.13. The van der Waals surface area contributed by atoms with Crippen molar-refractivity contribution < 1.29 is 49.8 Å². The number of amides is 2. The molecule has 2 N–H and O–H groups in total. The van der Waals surface area contributed by atoms with Gasteiger partial charge in [0.25, 0.3) is 0 Å². The number of alkyl halides is 6. The normalized spacial score (nSPS) is 13.7. The molecule has 14 heteroatoms. The Morgan fingerprint density at radius 2 is 1.56 bits per heavy atom. The molecule has 0 aliphatic heterocycles. The minimum Gasteiger partial charge on any atom is -0.464 e. The minimum absolute atomic E-state index is 0.371. The number of urea groups is 1. The van der Waals surface area contributed by atoms with Crippen molar-refractivity contribution in [1.29, 1.82) is 0 Å². The smallest absolute Gasteiger partial charge is 0.460 e. The second-order valence-corrected chi connectivity index (χ2v) is 6.41. The number of esters is 1. The monoisotopic (exact) mass is 488 g/mol. The number of hydrogen-bond donors (Lipinski definition) is 2. The lowest BCUT2D eigenvalue weighted by Crippen LogP contribution is -2.68. The van der Waals surface area contributed by atoms with Gasteiger partial charge in [-0.25, -0.2) is 14.0 Å². The maximum atomic E-state index is 13.9. The summed E-state index contributed by atoms with van der Waals surface area (Å²) >= 11 is 5.70. The minimum atomic E-state index is -5.64. The van der Waals surface area contributed by atoms with Crippen LogP contribution in [0.25, 0.3) is 0 Å². The van der Waals surface area contributed by atoms with Crippen LogP contribution < -0.4 is 15.4 Å². The molecular weight excluding hydrogens is 477 g/mol. The molecule has 0 saturated heterocycles. The van der Waals surface area contributed by atoms with Crippen LogP contribution in [0.4, 0.5) is 41.2 Å². The van der Waals surface area contributed by atoms with Crippen molar-refractivity contribution in [2.24, 2.45) is 0 Å². The Labute approximate surface area is 180 Å². The van der Waals surface area contributed by atoms with Gasteiger partial charge in [0.1, 0.15) is 11.6 Å². The first-order valence-electron chi connectivity index (χ1n) is 8.25. The predicted molar refractivity (Wildman–Crippen MR) is 96.4 cm³/mol. The van der Waals surface area contributed by atoms with Crippen molar-refractivity contribution in [1.82, 2.24) is 5.32 Å². The number of carbonyl (C=O) groups excluding carboxylic acids is 2. The Hall–Kier alpha value is -3.22. The quantitative estimate of drug-likeness (QED) is 0.347. The molecule has 1 atom stereocenters. The number of nitrogens with one attached hydrogen (secondary N) is 2. The lowest BCUT2D eigenvalue weighted by atomic mass is 10.2. The number of halogens is 8. The Bertz CT molecular complexity index is 996. The standard InChI is InChI=1S/C18H12ClF7N2O4/c1-31-14(29)16(18(24,25)26,32-11-5-3-10(20)4-6-11)28-15(30)27-13-8-9(17(21,22)23)2-7-12(13)19/h2-8H,1H3,(H2,27,28,30). The third kappa shape index (κ3) is 5.52. The average molecular weight is 489 g/mol. The predicted octanol–water partition coefficient (Wildman–Crippen LogP) is 5.13. The van der Waals surface area contributed by atoms with Crippen LogP contribution in [0.2, 0.25) is 5.02 Å². The van der Waals surface area contributed by atoms with Gasteiger partial charge in [-0.3, -0.25) is 5.32 Å². The van der Waals surface area contributed by atoms with Crippen LogP contribution in [0.15, 0.2) is 42.5 Å². The molecule has 1 unspecified atom stereocenters. The molecule has 0 radical (unpaired) electrons. The first-order valence-corrected chi connectivity index (χ1v) is 8.63. The fourth-order valence-electron chi connectivity index (χ4n) is 2.30. The molecule has 2 aromatic rings. The van der Waals surface area contributed by atoms with Crippen LogP contribution in [-0.2, 0) is 15.7 Å². The first kappa shape index (κ1) is 25.0. The molecule has 0 aromatic heterocycles. The summed E-state index contributed by atoms with van der Waals surface area (Å²) in [4.78, 5) is 24.3. The van der Waals surface area contributed by atoms with Crippen molar-refractivity contribution in [2.45, 2.75) is 18.1 Å². The van der Waals surface area contributed by atoms with Gasteiger partial charge in [-0.2, -0.15) is 26.3 Å². The van der Waals surface area contributed by atoms with E-state index in [1.54, 1.807) is 5.32 Å². The summed E-state index contributed by atoms with van der Waals surface area (Å²) in [5.74, 6) is -3.65. The summed E-state index contributed by atoms with van der Waals surface area (Å²) in [6, 6.07) is 2.81. The first-order chi connectivity index (χ1) is 14.7. The van der Waals surface area contributed by atoms with E-state index >= 15 is 0 Å². The molecule has 32 heavy (non-hydrogen) atoms. The summed E-state index contributed by atoms with van der Waals surface area (Å²) in [7, 11) is 0.570. The van der Waals surface area contributed by atoms with Gasteiger partial charge in [-0.05, 0) is 42.5 Å². The molecule has 0 aliphatic carbocycles. The van der Waals surface area contributed by atoms with Gasteiger partial charge in [0.05, 0.1) is 23.4 Å². The molecule has 174 valence electrons. The number of benzene rings is 2. The molecular formula is C18H12ClF7N2O4. The summed E-state index contributed by atoms with van der Waals surface area (Å²) < 4.78 is 102. The van der Waals surface area contributed by atoms with Crippen LogP contribution in [0.5, 0.6) is 5.75 Å². The molecule has 2 amide bonds. The molecule has 0 heterocycles. The van der Waals surface area contributed by atoms with Gasteiger partial charge in [-0.1, -0.05) is 11.6 Å². The van der Waals surface area contributed by atoms with E-state index in [4.69, 9.17) is 11.6 Å². The van der Waals surface area contributed by atoms with E-state index < -0.39 is 57.9 Å². The van der Waals surface area contributed by atoms with Gasteiger partial charge in [0.2, 0.25) is 0 Å². The number of hydrogen-bond acceptors (Lipinski definition) is 4. The van der Waals surface area contributed by atoms with Crippen molar-refractivity contribution >= 4 is 29.3 Å². The fourth-order valence-corrected chi connectivity index (χ4v) is 2.46. The second kappa shape index (κ2) is 9.10. The average Bonchev–Trinajstić information content (AvgIpc) is 2.68. The van der Waals surface area contributed by atoms with E-state index in [1.165, 1.54) is 5.32 Å². The summed E-state index contributed by atoms with van der Waals surface area (Å²) in [5, 5.41) is 2.47. The van der Waals surface area contributed by atoms with E-state index in [0.717, 1.165) is 30.3 Å². The molecule has 0 spiro atoms. The Morgan fingerprint density at radius 3 is 2.06 bits per heavy atom. The Morgan fingerprint density at radius 1 is 0.969 bits per heavy atom. The highest BCUT2D eigenvalue weighted by atomic mass is 35.5. The highest BCUT2D eigenvalue weighted by Crippen LogP contribution is 2.36. The lowest BCUT2D eigenvalue weighted by Gasteiger charge is -2.33. The van der Waals surface area contributed by atoms with Crippen molar-refractivity contribution in [3.8, 4) is 5.75 Å². The molecule has 0 bridgehead atoms. The maximum absolute atomic E-state index is 13.9. The highest BCUT2D eigenvalue weighted by molar-refractivity contribution is 6.33. The second-order valence-electron chi connectivity index (χ2n) is 6.00.